The van der Waals surface area contributed by atoms with Crippen molar-refractivity contribution in [2.24, 2.45) is 0 Å². The zero-order valence-corrected chi connectivity index (χ0v) is 12.5. The molecule has 6 heteroatoms. The van der Waals surface area contributed by atoms with Crippen LogP contribution in [0, 0.1) is 5.82 Å². The van der Waals surface area contributed by atoms with E-state index in [2.05, 4.69) is 12.2 Å². The van der Waals surface area contributed by atoms with Crippen molar-refractivity contribution in [3.8, 4) is 0 Å². The molecule has 20 heavy (non-hydrogen) atoms. The maximum absolute atomic E-state index is 12.9. The number of piperidine rings is 1. The van der Waals surface area contributed by atoms with Crippen LogP contribution in [0.25, 0.3) is 0 Å². The maximum atomic E-state index is 12.9. The molecule has 2 rings (SSSR count). The Hall–Kier alpha value is -0.980. The number of sulfonamides is 1. The molecule has 112 valence electrons. The van der Waals surface area contributed by atoms with E-state index >= 15 is 0 Å². The number of rotatable bonds is 5. The molecule has 0 unspecified atom stereocenters. The molecular formula is C14H21FN2O2S. The van der Waals surface area contributed by atoms with E-state index in [1.807, 2.05) is 0 Å². The van der Waals surface area contributed by atoms with Gasteiger partial charge in [-0.25, -0.2) is 12.8 Å². The first kappa shape index (κ1) is 15.4. The van der Waals surface area contributed by atoms with Gasteiger partial charge in [-0.2, -0.15) is 4.31 Å². The van der Waals surface area contributed by atoms with Crippen LogP contribution in [0.15, 0.2) is 29.2 Å². The summed E-state index contributed by atoms with van der Waals surface area (Å²) in [6, 6.07) is 5.41. The van der Waals surface area contributed by atoms with Crippen molar-refractivity contribution in [3.05, 3.63) is 30.1 Å². The number of hydrogen-bond acceptors (Lipinski definition) is 3. The van der Waals surface area contributed by atoms with Crippen molar-refractivity contribution >= 4 is 10.0 Å². The molecule has 0 bridgehead atoms. The first-order chi connectivity index (χ1) is 9.54. The fourth-order valence-electron chi connectivity index (χ4n) is 2.40. The predicted molar refractivity (Wildman–Crippen MR) is 76.5 cm³/mol. The van der Waals surface area contributed by atoms with Crippen molar-refractivity contribution in [3.63, 3.8) is 0 Å². The van der Waals surface area contributed by atoms with Crippen LogP contribution < -0.4 is 5.32 Å². The van der Waals surface area contributed by atoms with Crippen LogP contribution in [0.5, 0.6) is 0 Å². The fraction of sp³-hybridized carbons (Fsp3) is 0.571. The first-order valence-corrected chi connectivity index (χ1v) is 8.47. The van der Waals surface area contributed by atoms with Crippen molar-refractivity contribution in [2.75, 3.05) is 19.6 Å². The van der Waals surface area contributed by atoms with E-state index in [9.17, 15) is 12.8 Å². The van der Waals surface area contributed by atoms with Crippen LogP contribution in [0.2, 0.25) is 0 Å². The van der Waals surface area contributed by atoms with Crippen LogP contribution in [0.1, 0.15) is 26.2 Å². The average Bonchev–Trinajstić information content (AvgIpc) is 2.46. The summed E-state index contributed by atoms with van der Waals surface area (Å²) >= 11 is 0. The Morgan fingerprint density at radius 1 is 1.25 bits per heavy atom. The summed E-state index contributed by atoms with van der Waals surface area (Å²) in [6.07, 6.45) is 2.72. The van der Waals surface area contributed by atoms with Crippen LogP contribution in [-0.2, 0) is 10.0 Å². The Morgan fingerprint density at radius 2 is 1.85 bits per heavy atom. The SMILES string of the molecule is CCCNC1CCN(S(=O)(=O)c2ccc(F)cc2)CC1. The Morgan fingerprint density at radius 3 is 2.40 bits per heavy atom. The van der Waals surface area contributed by atoms with Gasteiger partial charge in [0, 0.05) is 19.1 Å². The normalized spacial score (nSPS) is 18.3. The Balaban J connectivity index is 2.00. The molecule has 1 aromatic rings. The highest BCUT2D eigenvalue weighted by atomic mass is 32.2. The summed E-state index contributed by atoms with van der Waals surface area (Å²) in [6.45, 7) is 4.11. The minimum Gasteiger partial charge on any atom is -0.314 e. The molecule has 0 aliphatic carbocycles. The van der Waals surface area contributed by atoms with E-state index in [1.165, 1.54) is 28.6 Å². The van der Waals surface area contributed by atoms with Gasteiger partial charge in [0.05, 0.1) is 4.90 Å². The molecule has 1 aliphatic rings. The van der Waals surface area contributed by atoms with Crippen LogP contribution in [0.4, 0.5) is 4.39 Å². The van der Waals surface area contributed by atoms with Gasteiger partial charge in [-0.3, -0.25) is 0 Å². The molecule has 0 spiro atoms. The van der Waals surface area contributed by atoms with Crippen LogP contribution >= 0.6 is 0 Å². The second kappa shape index (κ2) is 6.65. The van der Waals surface area contributed by atoms with Gasteiger partial charge < -0.3 is 5.32 Å². The minimum absolute atomic E-state index is 0.166. The molecular weight excluding hydrogens is 279 g/mol. The molecule has 4 nitrogen and oxygen atoms in total. The molecule has 0 atom stereocenters. The lowest BCUT2D eigenvalue weighted by Crippen LogP contribution is -2.45. The standard InChI is InChI=1S/C14H21FN2O2S/c1-2-9-16-13-7-10-17(11-8-13)20(18,19)14-5-3-12(15)4-6-14/h3-6,13,16H,2,7-11H2,1H3. The molecule has 0 aromatic heterocycles. The smallest absolute Gasteiger partial charge is 0.243 e. The largest absolute Gasteiger partial charge is 0.314 e. The number of nitrogens with one attached hydrogen (secondary N) is 1. The van der Waals surface area contributed by atoms with Gasteiger partial charge in [0.25, 0.3) is 0 Å². The minimum atomic E-state index is -3.48. The predicted octanol–water partition coefficient (Wildman–Crippen LogP) is 1.98. The molecule has 1 aromatic carbocycles. The Labute approximate surface area is 120 Å². The highest BCUT2D eigenvalue weighted by molar-refractivity contribution is 7.89. The number of benzene rings is 1. The summed E-state index contributed by atoms with van der Waals surface area (Å²) in [5, 5.41) is 3.42. The van der Waals surface area contributed by atoms with E-state index in [4.69, 9.17) is 0 Å². The lowest BCUT2D eigenvalue weighted by molar-refractivity contribution is 0.290. The Kier molecular flexibility index (Phi) is 5.12. The molecule has 0 saturated carbocycles. The number of halogens is 1. The third kappa shape index (κ3) is 3.56. The van der Waals surface area contributed by atoms with Gasteiger partial charge in [0.1, 0.15) is 5.82 Å². The van der Waals surface area contributed by atoms with Crippen LogP contribution in [-0.4, -0.2) is 38.4 Å². The van der Waals surface area contributed by atoms with Gasteiger partial charge in [-0.05, 0) is 50.1 Å². The summed E-state index contributed by atoms with van der Waals surface area (Å²) in [7, 11) is -3.48. The molecule has 1 saturated heterocycles. The van der Waals surface area contributed by atoms with Gasteiger partial charge in [0.2, 0.25) is 10.0 Å². The molecule has 0 radical (unpaired) electrons. The van der Waals surface area contributed by atoms with E-state index < -0.39 is 15.8 Å². The van der Waals surface area contributed by atoms with Crippen molar-refractivity contribution in [1.29, 1.82) is 0 Å². The summed E-state index contributed by atoms with van der Waals surface area (Å²) < 4.78 is 39.2. The third-order valence-electron chi connectivity index (χ3n) is 3.59. The number of hydrogen-bond donors (Lipinski definition) is 1. The van der Waals surface area contributed by atoms with Crippen LogP contribution in [0.3, 0.4) is 0 Å². The summed E-state index contributed by atoms with van der Waals surface area (Å²) in [5.41, 5.74) is 0. The monoisotopic (exact) mass is 300 g/mol. The zero-order valence-electron chi connectivity index (χ0n) is 11.7. The van der Waals surface area contributed by atoms with Gasteiger partial charge >= 0.3 is 0 Å². The van der Waals surface area contributed by atoms with Crippen molar-refractivity contribution in [1.82, 2.24) is 9.62 Å². The maximum Gasteiger partial charge on any atom is 0.243 e. The van der Waals surface area contributed by atoms with E-state index in [1.54, 1.807) is 0 Å². The first-order valence-electron chi connectivity index (χ1n) is 7.03. The second-order valence-electron chi connectivity index (χ2n) is 5.09. The molecule has 1 aliphatic heterocycles. The van der Waals surface area contributed by atoms with Crippen molar-refractivity contribution in [2.45, 2.75) is 37.1 Å². The lowest BCUT2D eigenvalue weighted by Gasteiger charge is -2.31. The van der Waals surface area contributed by atoms with Gasteiger partial charge in [0.15, 0.2) is 0 Å². The fourth-order valence-corrected chi connectivity index (χ4v) is 3.87. The van der Waals surface area contributed by atoms with Crippen molar-refractivity contribution < 1.29 is 12.8 Å². The topological polar surface area (TPSA) is 49.4 Å². The molecule has 1 heterocycles. The van der Waals surface area contributed by atoms with Gasteiger partial charge in [-0.1, -0.05) is 6.92 Å². The Bertz CT molecular complexity index is 523. The highest BCUT2D eigenvalue weighted by Crippen LogP contribution is 2.21. The summed E-state index contributed by atoms with van der Waals surface area (Å²) in [5.74, 6) is -0.425. The van der Waals surface area contributed by atoms with E-state index in [0.717, 1.165) is 25.8 Å². The average molecular weight is 300 g/mol. The number of nitrogens with zero attached hydrogens (tertiary/aromatic N) is 1. The zero-order chi connectivity index (χ0) is 14.6. The molecule has 1 fully saturated rings. The van der Waals surface area contributed by atoms with Gasteiger partial charge in [-0.15, -0.1) is 0 Å². The quantitative estimate of drug-likeness (QED) is 0.904. The summed E-state index contributed by atoms with van der Waals surface area (Å²) in [4.78, 5) is 0.166. The van der Waals surface area contributed by atoms with E-state index in [-0.39, 0.29) is 4.90 Å². The second-order valence-corrected chi connectivity index (χ2v) is 7.02. The van der Waals surface area contributed by atoms with E-state index in [0.29, 0.717) is 19.1 Å². The third-order valence-corrected chi connectivity index (χ3v) is 5.50. The molecule has 0 amide bonds. The lowest BCUT2D eigenvalue weighted by atomic mass is 10.1. The molecule has 1 N–H and O–H groups in total. The highest BCUT2D eigenvalue weighted by Gasteiger charge is 2.28.